The summed E-state index contributed by atoms with van der Waals surface area (Å²) in [6.45, 7) is 3.08. The molecule has 2 N–H and O–H groups in total. The molecular formula is C17H23ClFN3O2. The van der Waals surface area contributed by atoms with Crippen molar-refractivity contribution in [3.05, 3.63) is 29.0 Å². The largest absolute Gasteiger partial charge is 0.392 e. The van der Waals surface area contributed by atoms with Crippen molar-refractivity contribution in [3.8, 4) is 0 Å². The first kappa shape index (κ1) is 17.5. The Labute approximate surface area is 146 Å². The zero-order valence-electron chi connectivity index (χ0n) is 13.5. The van der Waals surface area contributed by atoms with E-state index in [1.54, 1.807) is 4.90 Å². The highest BCUT2D eigenvalue weighted by molar-refractivity contribution is 6.30. The van der Waals surface area contributed by atoms with E-state index in [2.05, 4.69) is 10.2 Å². The lowest BCUT2D eigenvalue weighted by molar-refractivity contribution is 0.0298. The van der Waals surface area contributed by atoms with E-state index in [0.29, 0.717) is 24.8 Å². The lowest BCUT2D eigenvalue weighted by Gasteiger charge is -2.41. The van der Waals surface area contributed by atoms with Gasteiger partial charge in [-0.05, 0) is 50.4 Å². The van der Waals surface area contributed by atoms with Gasteiger partial charge in [-0.2, -0.15) is 0 Å². The Balaban J connectivity index is 1.51. The number of hydrogen-bond acceptors (Lipinski definition) is 3. The predicted octanol–water partition coefficient (Wildman–Crippen LogP) is 2.93. The van der Waals surface area contributed by atoms with E-state index < -0.39 is 5.82 Å². The molecule has 2 heterocycles. The van der Waals surface area contributed by atoms with Gasteiger partial charge < -0.3 is 15.3 Å². The quantitative estimate of drug-likeness (QED) is 0.857. The first-order valence-corrected chi connectivity index (χ1v) is 8.83. The third kappa shape index (κ3) is 4.37. The molecule has 2 saturated heterocycles. The molecule has 5 nitrogen and oxygen atoms in total. The number of carbonyl (C=O) groups excluding carboxylic acids is 1. The highest BCUT2D eigenvalue weighted by atomic mass is 35.5. The minimum atomic E-state index is -0.472. The number of rotatable bonds is 2. The number of hydrogen-bond donors (Lipinski definition) is 2. The number of urea groups is 1. The van der Waals surface area contributed by atoms with Crippen molar-refractivity contribution in [3.63, 3.8) is 0 Å². The maximum Gasteiger partial charge on any atom is 0.321 e. The Bertz CT molecular complexity index is 573. The Morgan fingerprint density at radius 1 is 1.21 bits per heavy atom. The smallest absolute Gasteiger partial charge is 0.321 e. The fourth-order valence-electron chi connectivity index (χ4n) is 3.58. The zero-order valence-corrected chi connectivity index (χ0v) is 14.3. The number of carbonyl (C=O) groups is 1. The van der Waals surface area contributed by atoms with Crippen molar-refractivity contribution in [1.29, 1.82) is 0 Å². The molecule has 0 aromatic heterocycles. The molecule has 132 valence electrons. The molecule has 0 saturated carbocycles. The van der Waals surface area contributed by atoms with E-state index in [0.717, 1.165) is 38.8 Å². The van der Waals surface area contributed by atoms with Crippen molar-refractivity contribution >= 4 is 23.3 Å². The average Bonchev–Trinajstić information content (AvgIpc) is 2.54. The average molecular weight is 356 g/mol. The van der Waals surface area contributed by atoms with Crippen LogP contribution in [0.2, 0.25) is 5.02 Å². The van der Waals surface area contributed by atoms with Gasteiger partial charge in [0.25, 0.3) is 0 Å². The van der Waals surface area contributed by atoms with Gasteiger partial charge in [-0.3, -0.25) is 4.90 Å². The summed E-state index contributed by atoms with van der Waals surface area (Å²) in [6, 6.07) is 4.19. The van der Waals surface area contributed by atoms with Crippen molar-refractivity contribution in [2.45, 2.75) is 37.8 Å². The standard InChI is InChI=1S/C17H23ClFN3O2/c18-12-8-13(19)10-14(9-12)20-17(24)21-6-3-15(4-7-21)22-5-1-2-16(23)11-22/h8-10,15-16,23H,1-7,11H2,(H,20,24)/t16-/m1/s1. The molecule has 2 amide bonds. The molecule has 1 aromatic carbocycles. The van der Waals surface area contributed by atoms with Crippen LogP contribution in [-0.2, 0) is 0 Å². The summed E-state index contributed by atoms with van der Waals surface area (Å²) in [5.74, 6) is -0.472. The number of amides is 2. The zero-order chi connectivity index (χ0) is 17.1. The van der Waals surface area contributed by atoms with Crippen LogP contribution in [0.3, 0.4) is 0 Å². The number of anilines is 1. The first-order chi connectivity index (χ1) is 11.5. The number of aliphatic hydroxyl groups is 1. The molecule has 3 rings (SSSR count). The van der Waals surface area contributed by atoms with Gasteiger partial charge in [0, 0.05) is 36.4 Å². The van der Waals surface area contributed by atoms with E-state index in [1.165, 1.54) is 18.2 Å². The number of aliphatic hydroxyl groups excluding tert-OH is 1. The van der Waals surface area contributed by atoms with Crippen LogP contribution in [0.5, 0.6) is 0 Å². The number of benzene rings is 1. The van der Waals surface area contributed by atoms with Crippen molar-refractivity contribution in [2.24, 2.45) is 0 Å². The number of piperidine rings is 2. The number of nitrogens with zero attached hydrogens (tertiary/aromatic N) is 2. The van der Waals surface area contributed by atoms with Crippen LogP contribution in [0.1, 0.15) is 25.7 Å². The molecule has 0 radical (unpaired) electrons. The third-order valence-electron chi connectivity index (χ3n) is 4.81. The fourth-order valence-corrected chi connectivity index (χ4v) is 3.80. The molecule has 2 fully saturated rings. The molecule has 0 unspecified atom stereocenters. The summed E-state index contributed by atoms with van der Waals surface area (Å²) in [5.41, 5.74) is 0.367. The molecule has 2 aliphatic heterocycles. The Kier molecular flexibility index (Phi) is 5.58. The summed E-state index contributed by atoms with van der Waals surface area (Å²) in [4.78, 5) is 16.4. The molecule has 1 aromatic rings. The van der Waals surface area contributed by atoms with Gasteiger partial charge >= 0.3 is 6.03 Å². The highest BCUT2D eigenvalue weighted by Crippen LogP contribution is 2.22. The summed E-state index contributed by atoms with van der Waals surface area (Å²) in [7, 11) is 0. The molecule has 0 aliphatic carbocycles. The van der Waals surface area contributed by atoms with Crippen molar-refractivity contribution in [1.82, 2.24) is 9.80 Å². The monoisotopic (exact) mass is 355 g/mol. The van der Waals surface area contributed by atoms with E-state index in [-0.39, 0.29) is 17.2 Å². The van der Waals surface area contributed by atoms with E-state index >= 15 is 0 Å². The van der Waals surface area contributed by atoms with Gasteiger partial charge in [-0.15, -0.1) is 0 Å². The summed E-state index contributed by atoms with van der Waals surface area (Å²) in [5, 5.41) is 12.8. The minimum absolute atomic E-state index is 0.224. The van der Waals surface area contributed by atoms with Crippen molar-refractivity contribution < 1.29 is 14.3 Å². The maximum atomic E-state index is 13.3. The van der Waals surface area contributed by atoms with Crippen molar-refractivity contribution in [2.75, 3.05) is 31.5 Å². The van der Waals surface area contributed by atoms with Crippen LogP contribution in [0.25, 0.3) is 0 Å². The summed E-state index contributed by atoms with van der Waals surface area (Å²) in [6.07, 6.45) is 3.47. The Morgan fingerprint density at radius 3 is 2.62 bits per heavy atom. The number of nitrogens with one attached hydrogen (secondary N) is 1. The van der Waals surface area contributed by atoms with E-state index in [4.69, 9.17) is 11.6 Å². The third-order valence-corrected chi connectivity index (χ3v) is 5.03. The van der Waals surface area contributed by atoms with Gasteiger partial charge in [-0.1, -0.05) is 11.6 Å². The van der Waals surface area contributed by atoms with E-state index in [9.17, 15) is 14.3 Å². The van der Waals surface area contributed by atoms with Gasteiger partial charge in [0.15, 0.2) is 0 Å². The second kappa shape index (κ2) is 7.68. The van der Waals surface area contributed by atoms with Crippen LogP contribution in [0.15, 0.2) is 18.2 Å². The first-order valence-electron chi connectivity index (χ1n) is 8.45. The Hall–Kier alpha value is -1.37. The molecular weight excluding hydrogens is 333 g/mol. The molecule has 24 heavy (non-hydrogen) atoms. The normalized spacial score (nSPS) is 23.3. The molecule has 2 aliphatic rings. The van der Waals surface area contributed by atoms with Gasteiger partial charge in [0.05, 0.1) is 6.10 Å². The van der Waals surface area contributed by atoms with Crippen LogP contribution < -0.4 is 5.32 Å². The SMILES string of the molecule is O=C(Nc1cc(F)cc(Cl)c1)N1CCC(N2CCC[C@@H](O)C2)CC1. The topological polar surface area (TPSA) is 55.8 Å². The second-order valence-corrected chi connectivity index (χ2v) is 7.03. The lowest BCUT2D eigenvalue weighted by Crippen LogP contribution is -2.51. The maximum absolute atomic E-state index is 13.3. The second-order valence-electron chi connectivity index (χ2n) is 6.60. The van der Waals surface area contributed by atoms with Gasteiger partial charge in [-0.25, -0.2) is 9.18 Å². The number of likely N-dealkylation sites (tertiary alicyclic amines) is 2. The van der Waals surface area contributed by atoms with Gasteiger partial charge in [0.2, 0.25) is 0 Å². The summed E-state index contributed by atoms with van der Waals surface area (Å²) >= 11 is 5.81. The van der Waals surface area contributed by atoms with Gasteiger partial charge in [0.1, 0.15) is 5.82 Å². The minimum Gasteiger partial charge on any atom is -0.392 e. The Morgan fingerprint density at radius 2 is 1.96 bits per heavy atom. The number of β-amino-alcohol motifs (C(OH)–C–C–N with tert-alkyl or cyclic N) is 1. The summed E-state index contributed by atoms with van der Waals surface area (Å²) < 4.78 is 13.3. The molecule has 0 spiro atoms. The molecule has 0 bridgehead atoms. The van der Waals surface area contributed by atoms with Crippen LogP contribution in [-0.4, -0.2) is 59.3 Å². The molecule has 1 atom stereocenters. The highest BCUT2D eigenvalue weighted by Gasteiger charge is 2.29. The lowest BCUT2D eigenvalue weighted by atomic mass is 9.99. The van der Waals surface area contributed by atoms with E-state index in [1.807, 2.05) is 0 Å². The predicted molar refractivity (Wildman–Crippen MR) is 91.8 cm³/mol. The van der Waals surface area contributed by atoms with Crippen LogP contribution >= 0.6 is 11.6 Å². The molecule has 7 heteroatoms. The number of halogens is 2. The fraction of sp³-hybridized carbons (Fsp3) is 0.588. The van der Waals surface area contributed by atoms with Crippen LogP contribution in [0.4, 0.5) is 14.9 Å². The van der Waals surface area contributed by atoms with Crippen LogP contribution in [0, 0.1) is 5.82 Å².